The Morgan fingerprint density at radius 1 is 0.205 bits per heavy atom. The van der Waals surface area contributed by atoms with Gasteiger partial charge in [0.05, 0.1) is 33.4 Å². The zero-order valence-electron chi connectivity index (χ0n) is 77.6. The third-order valence-corrected chi connectivity index (χ3v) is 29.1. The molecule has 4 heterocycles. The van der Waals surface area contributed by atoms with Gasteiger partial charge in [-0.2, -0.15) is 0 Å². The molecule has 0 fully saturated rings. The van der Waals surface area contributed by atoms with Gasteiger partial charge in [0.25, 0.3) is 6.71 Å². The molecule has 0 N–H and O–H groups in total. The lowest BCUT2D eigenvalue weighted by molar-refractivity contribution is 0.590. The van der Waals surface area contributed by atoms with E-state index in [1.165, 1.54) is 164 Å². The maximum atomic E-state index is 2.80. The molecule has 0 saturated carbocycles. The minimum Gasteiger partial charge on any atom is -0.310 e. The topological polar surface area (TPSA) is 16.3 Å². The van der Waals surface area contributed by atoms with Crippen molar-refractivity contribution in [3.63, 3.8) is 0 Å². The molecule has 0 amide bonds. The van der Waals surface area contributed by atoms with Gasteiger partial charge in [-0.1, -0.05) is 376 Å². The number of para-hydroxylation sites is 2. The van der Waals surface area contributed by atoms with E-state index in [2.05, 4.69) is 456 Å². The van der Waals surface area contributed by atoms with Crippen LogP contribution in [-0.2, 0) is 37.9 Å². The molecule has 21 aromatic rings. The van der Waals surface area contributed by atoms with E-state index in [1.54, 1.807) is 0 Å². The van der Waals surface area contributed by atoms with Crippen LogP contribution < -0.4 is 26.2 Å². The van der Waals surface area contributed by atoms with E-state index in [4.69, 9.17) is 0 Å². The molecule has 5 heteroatoms. The van der Waals surface area contributed by atoms with Crippen LogP contribution in [-0.4, -0.2) is 15.8 Å². The summed E-state index contributed by atoms with van der Waals surface area (Å²) in [5, 5.41) is 21.3. The van der Waals surface area contributed by atoms with Gasteiger partial charge >= 0.3 is 0 Å². The lowest BCUT2D eigenvalue weighted by Gasteiger charge is -2.46. The molecule has 4 nitrogen and oxygen atoms in total. The van der Waals surface area contributed by atoms with Crippen molar-refractivity contribution in [1.82, 2.24) is 9.13 Å². The average molecular weight is 1640 g/mol. The van der Waals surface area contributed by atoms with Crippen LogP contribution in [0.2, 0.25) is 0 Å². The highest BCUT2D eigenvalue weighted by Gasteiger charge is 2.47. The van der Waals surface area contributed by atoms with Gasteiger partial charge in [-0.3, -0.25) is 0 Å². The molecule has 0 unspecified atom stereocenters. The number of fused-ring (bicyclic) bond motifs is 6. The number of nitrogens with zero attached hydrogens (tertiary/aromatic N) is 4. The highest BCUT2D eigenvalue weighted by molar-refractivity contribution is 7.00. The monoisotopic (exact) mass is 1640 g/mol. The first-order valence-electron chi connectivity index (χ1n) is 46.2. The summed E-state index contributed by atoms with van der Waals surface area (Å²) >= 11 is 0. The largest absolute Gasteiger partial charge is 0.310 e. The summed E-state index contributed by atoms with van der Waals surface area (Å²) in [6.07, 6.45) is 0. The van der Waals surface area contributed by atoms with Gasteiger partial charge in [-0.05, 0) is 241 Å². The number of rotatable bonds is 8. The zero-order valence-corrected chi connectivity index (χ0v) is 77.6. The summed E-state index contributed by atoms with van der Waals surface area (Å²) in [7, 11) is 0. The van der Waals surface area contributed by atoms with Gasteiger partial charge in [0.1, 0.15) is 0 Å². The van der Waals surface area contributed by atoms with Crippen LogP contribution in [0.1, 0.15) is 184 Å². The SMILES string of the molecule is CC(C)(C)c1ccc(-c2cccc(-c3ccc(C(C)(C)C)cc3)c2N2c3cc(-n4c5cc(C(C)(C)C)c6cccc7c8cccc9c(C(C)(C)C)cc4c(c98)c5c67)ccc3B3c4ccc(-n5c6cc(C(C)(C)C)c7cccc8c9cccc%10c(C(C)(C)C)cc5c(c%109)c6c78)cc4N(c4c(-c5ccccc5)cccc4-c4ccccc4)c4cc(C(C)(C)C)cc2c43)cc1. The van der Waals surface area contributed by atoms with E-state index in [0.29, 0.717) is 0 Å². The normalized spacial score (nSPS) is 13.8. The number of benzene rings is 19. The van der Waals surface area contributed by atoms with Crippen LogP contribution in [0.3, 0.4) is 0 Å². The first-order chi connectivity index (χ1) is 60.5. The van der Waals surface area contributed by atoms with Gasteiger partial charge in [0.2, 0.25) is 0 Å². The molecular formula is C122H111BN4. The molecule has 622 valence electrons. The van der Waals surface area contributed by atoms with Crippen molar-refractivity contribution in [2.45, 2.75) is 183 Å². The van der Waals surface area contributed by atoms with Crippen LogP contribution in [0.4, 0.5) is 34.1 Å². The molecule has 0 aliphatic carbocycles. The molecule has 19 aromatic carbocycles. The van der Waals surface area contributed by atoms with Gasteiger partial charge in [-0.25, -0.2) is 0 Å². The highest BCUT2D eigenvalue weighted by Crippen LogP contribution is 2.59. The van der Waals surface area contributed by atoms with Crippen molar-refractivity contribution in [1.29, 1.82) is 0 Å². The Morgan fingerprint density at radius 3 is 0.748 bits per heavy atom. The maximum Gasteiger partial charge on any atom is 0.252 e. The number of hydrogen-bond donors (Lipinski definition) is 0. The number of hydrogen-bond acceptors (Lipinski definition) is 2. The summed E-state index contributed by atoms with van der Waals surface area (Å²) < 4.78 is 5.42. The first-order valence-corrected chi connectivity index (χ1v) is 46.2. The average Bonchev–Trinajstić information content (AvgIpc) is 1.56. The predicted molar refractivity (Wildman–Crippen MR) is 552 cm³/mol. The molecule has 0 bridgehead atoms. The van der Waals surface area contributed by atoms with Crippen LogP contribution in [0.15, 0.2) is 291 Å². The minimum atomic E-state index is -0.375. The Hall–Kier alpha value is -13.0. The molecule has 2 aliphatic rings. The summed E-state index contributed by atoms with van der Waals surface area (Å²) in [4.78, 5) is 5.58. The Labute approximate surface area is 748 Å². The van der Waals surface area contributed by atoms with Crippen LogP contribution in [0.25, 0.3) is 164 Å². The Bertz CT molecular complexity index is 7750. The molecule has 23 rings (SSSR count). The fourth-order valence-electron chi connectivity index (χ4n) is 23.0. The molecular weight excluding hydrogens is 1530 g/mol. The van der Waals surface area contributed by atoms with E-state index in [1.807, 2.05) is 0 Å². The maximum absolute atomic E-state index is 2.80. The van der Waals surface area contributed by atoms with Gasteiger partial charge in [-0.15, -0.1) is 0 Å². The second-order valence-electron chi connectivity index (χ2n) is 44.4. The number of aromatic nitrogens is 2. The summed E-state index contributed by atoms with van der Waals surface area (Å²) in [6.45, 7) is 49.9. The Kier molecular flexibility index (Phi) is 16.6. The van der Waals surface area contributed by atoms with Crippen molar-refractivity contribution >= 4 is 165 Å². The summed E-state index contributed by atoms with van der Waals surface area (Å²) in [5.41, 5.74) is 34.9. The quantitative estimate of drug-likeness (QED) is 0.0856. The van der Waals surface area contributed by atoms with E-state index < -0.39 is 0 Å². The van der Waals surface area contributed by atoms with Crippen molar-refractivity contribution in [2.75, 3.05) is 9.80 Å². The third-order valence-electron chi connectivity index (χ3n) is 29.1. The molecule has 0 atom stereocenters. The zero-order chi connectivity index (χ0) is 87.9. The van der Waals surface area contributed by atoms with Gasteiger partial charge in [0, 0.05) is 77.9 Å². The van der Waals surface area contributed by atoms with Crippen LogP contribution >= 0.6 is 0 Å². The Balaban J connectivity index is 0.906. The molecule has 2 aliphatic heterocycles. The fourth-order valence-corrected chi connectivity index (χ4v) is 23.0. The van der Waals surface area contributed by atoms with Crippen LogP contribution in [0.5, 0.6) is 0 Å². The molecule has 0 spiro atoms. The third kappa shape index (κ3) is 11.6. The lowest BCUT2D eigenvalue weighted by Crippen LogP contribution is -2.61. The molecule has 0 saturated heterocycles. The van der Waals surface area contributed by atoms with Crippen molar-refractivity contribution in [2.24, 2.45) is 0 Å². The van der Waals surface area contributed by atoms with Crippen molar-refractivity contribution in [3.05, 3.63) is 330 Å². The molecule has 127 heavy (non-hydrogen) atoms. The number of anilines is 6. The van der Waals surface area contributed by atoms with E-state index in [-0.39, 0.29) is 44.6 Å². The van der Waals surface area contributed by atoms with E-state index in [9.17, 15) is 0 Å². The highest BCUT2D eigenvalue weighted by atomic mass is 15.2. The predicted octanol–water partition coefficient (Wildman–Crippen LogP) is 32.4. The molecule has 2 aromatic heterocycles. The van der Waals surface area contributed by atoms with Crippen LogP contribution in [0, 0.1) is 0 Å². The standard InChI is InChI=1S/C122H111BN4/c1-116(2,3)74-54-50-72(51-55-74)81-40-29-41-82(73-52-56-75(57-53-73)117(4,5)6)115(81)127-98-65-78(125-101-68-93(121(16,17)18)89-48-32-44-85-86-45-33-49-90-94(122(19,20)21)69-102(125)112(108(86)90)111(101)107(85)89)59-61-96(98)123-95-60-58-77(124-99-66-91(119(10,11)12)87-46-30-42-83-84-43-31-47-88-92(120(13,14)15)67-100(124)110(106(84)88)109(99)105(83)87)64-97(95)126(103-62-76(118(7,8)9)63-104(127)113(103)123)114-79(70-34-24-22-25-35-70)38-28-39-80(114)71-36-26-23-27-37-71/h22-69H,1-21H3. The fraction of sp³-hybridized carbons (Fsp3) is 0.230. The van der Waals surface area contributed by atoms with E-state index in [0.717, 1.165) is 90.0 Å². The summed E-state index contributed by atoms with van der Waals surface area (Å²) in [5.74, 6) is 0. The first kappa shape index (κ1) is 78.7. The van der Waals surface area contributed by atoms with Gasteiger partial charge < -0.3 is 18.9 Å². The summed E-state index contributed by atoms with van der Waals surface area (Å²) in [6, 6.07) is 116. The lowest BCUT2D eigenvalue weighted by atomic mass is 9.33. The van der Waals surface area contributed by atoms with Crippen molar-refractivity contribution in [3.8, 4) is 55.9 Å². The molecule has 0 radical (unpaired) electrons. The van der Waals surface area contributed by atoms with E-state index >= 15 is 0 Å². The van der Waals surface area contributed by atoms with Crippen molar-refractivity contribution < 1.29 is 0 Å². The Morgan fingerprint density at radius 2 is 0.472 bits per heavy atom. The smallest absolute Gasteiger partial charge is 0.252 e. The second-order valence-corrected chi connectivity index (χ2v) is 44.4. The van der Waals surface area contributed by atoms with Gasteiger partial charge in [0.15, 0.2) is 0 Å². The second kappa shape index (κ2) is 26.8. The minimum absolute atomic E-state index is 0.0695.